The van der Waals surface area contributed by atoms with E-state index in [0.29, 0.717) is 6.54 Å². The number of rotatable bonds is 5. The molecule has 150 valence electrons. The van der Waals surface area contributed by atoms with Gasteiger partial charge in [-0.15, -0.1) is 0 Å². The summed E-state index contributed by atoms with van der Waals surface area (Å²) in [5.74, 6) is -0.183. The van der Waals surface area contributed by atoms with Crippen molar-refractivity contribution in [3.05, 3.63) is 64.7 Å². The molecule has 1 fully saturated rings. The summed E-state index contributed by atoms with van der Waals surface area (Å²) in [5.41, 5.74) is 4.44. The lowest BCUT2D eigenvalue weighted by atomic mass is 9.99. The minimum Gasteiger partial charge on any atom is -0.334 e. The van der Waals surface area contributed by atoms with Crippen molar-refractivity contribution in [1.82, 2.24) is 9.62 Å². The molecule has 1 heterocycles. The number of carbonyl (C=O) groups excluding carboxylic acids is 1. The first-order valence-electron chi connectivity index (χ1n) is 9.65. The maximum Gasteiger partial charge on any atom is 0.241 e. The Morgan fingerprint density at radius 1 is 1.04 bits per heavy atom. The topological polar surface area (TPSA) is 66.5 Å². The normalized spacial score (nSPS) is 18.3. The van der Waals surface area contributed by atoms with Gasteiger partial charge in [0, 0.05) is 6.54 Å². The third-order valence-electron chi connectivity index (χ3n) is 5.20. The van der Waals surface area contributed by atoms with E-state index in [1.165, 1.54) is 11.1 Å². The molecular weight excluding hydrogens is 372 g/mol. The number of nitrogens with zero attached hydrogens (tertiary/aromatic N) is 1. The molecule has 0 aliphatic carbocycles. The van der Waals surface area contributed by atoms with Gasteiger partial charge >= 0.3 is 0 Å². The molecule has 0 radical (unpaired) electrons. The monoisotopic (exact) mass is 400 g/mol. The van der Waals surface area contributed by atoms with E-state index in [-0.39, 0.29) is 16.8 Å². The van der Waals surface area contributed by atoms with Crippen molar-refractivity contribution in [1.29, 1.82) is 0 Å². The molecule has 28 heavy (non-hydrogen) atoms. The van der Waals surface area contributed by atoms with Crippen LogP contribution in [-0.2, 0) is 14.8 Å². The molecule has 1 unspecified atom stereocenters. The van der Waals surface area contributed by atoms with Gasteiger partial charge in [0.25, 0.3) is 0 Å². The van der Waals surface area contributed by atoms with E-state index in [0.717, 1.165) is 24.0 Å². The van der Waals surface area contributed by atoms with Crippen molar-refractivity contribution in [2.24, 2.45) is 0 Å². The van der Waals surface area contributed by atoms with E-state index in [1.54, 1.807) is 31.2 Å². The van der Waals surface area contributed by atoms with Crippen LogP contribution in [0.25, 0.3) is 0 Å². The molecule has 1 aliphatic rings. The Morgan fingerprint density at radius 3 is 2.25 bits per heavy atom. The Morgan fingerprint density at radius 2 is 1.64 bits per heavy atom. The number of likely N-dealkylation sites (tertiary alicyclic amines) is 1. The fourth-order valence-electron chi connectivity index (χ4n) is 3.90. The Balaban J connectivity index is 1.77. The third-order valence-corrected chi connectivity index (χ3v) is 6.75. The highest BCUT2D eigenvalue weighted by atomic mass is 32.2. The maximum atomic E-state index is 13.1. The summed E-state index contributed by atoms with van der Waals surface area (Å²) < 4.78 is 27.8. The Bertz CT molecular complexity index is 948. The highest BCUT2D eigenvalue weighted by molar-refractivity contribution is 7.89. The van der Waals surface area contributed by atoms with Crippen molar-refractivity contribution in [2.45, 2.75) is 57.5 Å². The summed E-state index contributed by atoms with van der Waals surface area (Å²) in [6.07, 6.45) is 1.81. The zero-order chi connectivity index (χ0) is 20.5. The van der Waals surface area contributed by atoms with E-state index >= 15 is 0 Å². The molecule has 1 saturated heterocycles. The fraction of sp³-hybridized carbons (Fsp3) is 0.409. The van der Waals surface area contributed by atoms with Crippen molar-refractivity contribution < 1.29 is 13.2 Å². The van der Waals surface area contributed by atoms with Crippen LogP contribution in [0.15, 0.2) is 47.4 Å². The minimum absolute atomic E-state index is 0.00238. The van der Waals surface area contributed by atoms with Crippen LogP contribution in [0.2, 0.25) is 0 Å². The van der Waals surface area contributed by atoms with Gasteiger partial charge in [0.05, 0.1) is 17.0 Å². The summed E-state index contributed by atoms with van der Waals surface area (Å²) in [6.45, 7) is 8.26. The first-order chi connectivity index (χ1) is 13.2. The van der Waals surface area contributed by atoms with Gasteiger partial charge in [-0.3, -0.25) is 4.79 Å². The van der Waals surface area contributed by atoms with Crippen molar-refractivity contribution in [3.8, 4) is 0 Å². The second-order valence-electron chi connectivity index (χ2n) is 7.77. The first-order valence-corrected chi connectivity index (χ1v) is 11.1. The number of aryl methyl sites for hydroxylation is 3. The van der Waals surface area contributed by atoms with Crippen LogP contribution >= 0.6 is 0 Å². The first kappa shape index (κ1) is 20.6. The molecule has 0 aromatic heterocycles. The second-order valence-corrected chi connectivity index (χ2v) is 9.48. The highest BCUT2D eigenvalue weighted by Crippen LogP contribution is 2.33. The van der Waals surface area contributed by atoms with Crippen LogP contribution in [0, 0.1) is 20.8 Å². The summed E-state index contributed by atoms with van der Waals surface area (Å²) in [5, 5.41) is 0. The minimum atomic E-state index is -3.74. The van der Waals surface area contributed by atoms with Gasteiger partial charge < -0.3 is 4.90 Å². The van der Waals surface area contributed by atoms with Crippen molar-refractivity contribution in [3.63, 3.8) is 0 Å². The number of amides is 1. The SMILES string of the molecule is Cc1ccc(S(=O)(=O)N[C@@H](C)C(=O)N2CCCC2c2cc(C)cc(C)c2)cc1. The highest BCUT2D eigenvalue weighted by Gasteiger charge is 2.34. The third kappa shape index (κ3) is 4.45. The number of hydrogen-bond donors (Lipinski definition) is 1. The van der Waals surface area contributed by atoms with Gasteiger partial charge in [-0.2, -0.15) is 4.72 Å². The van der Waals surface area contributed by atoms with Crippen LogP contribution in [0.1, 0.15) is 48.1 Å². The number of sulfonamides is 1. The van der Waals surface area contributed by atoms with Crippen LogP contribution in [0.3, 0.4) is 0 Å². The second kappa shape index (κ2) is 8.05. The van der Waals surface area contributed by atoms with Crippen LogP contribution in [-0.4, -0.2) is 31.8 Å². The summed E-state index contributed by atoms with van der Waals surface area (Å²) >= 11 is 0. The van der Waals surface area contributed by atoms with E-state index in [1.807, 2.05) is 11.8 Å². The predicted octanol–water partition coefficient (Wildman–Crippen LogP) is 3.64. The van der Waals surface area contributed by atoms with Gasteiger partial charge in [0.1, 0.15) is 0 Å². The molecule has 2 atom stereocenters. The average Bonchev–Trinajstić information content (AvgIpc) is 3.10. The predicted molar refractivity (Wildman–Crippen MR) is 111 cm³/mol. The smallest absolute Gasteiger partial charge is 0.241 e. The average molecular weight is 401 g/mol. The van der Waals surface area contributed by atoms with Gasteiger partial charge in [-0.05, 0) is 58.2 Å². The van der Waals surface area contributed by atoms with Crippen molar-refractivity contribution in [2.75, 3.05) is 6.54 Å². The quantitative estimate of drug-likeness (QED) is 0.833. The number of hydrogen-bond acceptors (Lipinski definition) is 3. The lowest BCUT2D eigenvalue weighted by Gasteiger charge is -2.28. The van der Waals surface area contributed by atoms with Crippen LogP contribution < -0.4 is 4.72 Å². The molecule has 5 nitrogen and oxygen atoms in total. The summed E-state index contributed by atoms with van der Waals surface area (Å²) in [6, 6.07) is 12.1. The lowest BCUT2D eigenvalue weighted by molar-refractivity contribution is -0.133. The number of carbonyl (C=O) groups is 1. The molecular formula is C22H28N2O3S. The molecule has 6 heteroatoms. The molecule has 1 N–H and O–H groups in total. The molecule has 3 rings (SSSR count). The Hall–Kier alpha value is -2.18. The standard InChI is InChI=1S/C22H28N2O3S/c1-15-7-9-20(10-8-15)28(26,27)23-18(4)22(25)24-11-5-6-21(24)19-13-16(2)12-17(3)14-19/h7-10,12-14,18,21,23H,5-6,11H2,1-4H3/t18-,21?/m0/s1. The lowest BCUT2D eigenvalue weighted by Crippen LogP contribution is -2.46. The summed E-state index contributed by atoms with van der Waals surface area (Å²) in [4.78, 5) is 15.0. The van der Waals surface area contributed by atoms with Gasteiger partial charge in [-0.25, -0.2) is 8.42 Å². The van der Waals surface area contributed by atoms with Crippen LogP contribution in [0.5, 0.6) is 0 Å². The molecule has 1 aliphatic heterocycles. The van der Waals surface area contributed by atoms with Gasteiger partial charge in [-0.1, -0.05) is 47.0 Å². The summed E-state index contributed by atoms with van der Waals surface area (Å²) in [7, 11) is -3.74. The maximum absolute atomic E-state index is 13.1. The zero-order valence-electron chi connectivity index (χ0n) is 16.9. The van der Waals surface area contributed by atoms with Gasteiger partial charge in [0.15, 0.2) is 0 Å². The Kier molecular flexibility index (Phi) is 5.91. The molecule has 0 spiro atoms. The zero-order valence-corrected chi connectivity index (χ0v) is 17.7. The van der Waals surface area contributed by atoms with Crippen LogP contribution in [0.4, 0.5) is 0 Å². The molecule has 2 aromatic carbocycles. The number of benzene rings is 2. The number of nitrogens with one attached hydrogen (secondary N) is 1. The molecule has 1 amide bonds. The van der Waals surface area contributed by atoms with Gasteiger partial charge in [0.2, 0.25) is 15.9 Å². The van der Waals surface area contributed by atoms with E-state index in [4.69, 9.17) is 0 Å². The molecule has 0 saturated carbocycles. The Labute approximate surface area is 167 Å². The molecule has 2 aromatic rings. The van der Waals surface area contributed by atoms with Crippen molar-refractivity contribution >= 4 is 15.9 Å². The fourth-order valence-corrected chi connectivity index (χ4v) is 5.09. The largest absolute Gasteiger partial charge is 0.334 e. The van der Waals surface area contributed by atoms with E-state index in [2.05, 4.69) is 36.8 Å². The van der Waals surface area contributed by atoms with E-state index < -0.39 is 16.1 Å². The molecule has 0 bridgehead atoms. The van der Waals surface area contributed by atoms with E-state index in [9.17, 15) is 13.2 Å².